The van der Waals surface area contributed by atoms with E-state index in [9.17, 15) is 0 Å². The third kappa shape index (κ3) is 1.40. The molecule has 3 N–H and O–H groups in total. The summed E-state index contributed by atoms with van der Waals surface area (Å²) >= 11 is 0. The van der Waals surface area contributed by atoms with Gasteiger partial charge in [-0.2, -0.15) is 0 Å². The molecule has 1 saturated heterocycles. The van der Waals surface area contributed by atoms with Crippen LogP contribution in [0.1, 0.15) is 6.42 Å². The average molecular weight is 134 g/mol. The van der Waals surface area contributed by atoms with E-state index in [1.807, 2.05) is 0 Å². The van der Waals surface area contributed by atoms with Crippen LogP contribution in [-0.4, -0.2) is 40.4 Å². The molecule has 1 unspecified atom stereocenters. The molecule has 4 heteroatoms. The van der Waals surface area contributed by atoms with Crippen molar-refractivity contribution >= 4 is 0 Å². The van der Waals surface area contributed by atoms with E-state index in [2.05, 4.69) is 4.74 Å². The van der Waals surface area contributed by atoms with E-state index in [0.717, 1.165) is 0 Å². The van der Waals surface area contributed by atoms with Crippen molar-refractivity contribution < 1.29 is 20.1 Å². The number of hydrogen-bond donors (Lipinski definition) is 3. The molecule has 54 valence electrons. The quantitative estimate of drug-likeness (QED) is 0.406. The van der Waals surface area contributed by atoms with Crippen molar-refractivity contribution in [1.29, 1.82) is 0 Å². The largest absolute Gasteiger partial charge is 0.391 e. The van der Waals surface area contributed by atoms with Gasteiger partial charge in [-0.3, -0.25) is 0 Å². The summed E-state index contributed by atoms with van der Waals surface area (Å²) in [6.07, 6.45) is -0.536. The van der Waals surface area contributed by atoms with E-state index in [0.29, 0.717) is 0 Å². The van der Waals surface area contributed by atoms with Gasteiger partial charge in [0.1, 0.15) is 0 Å². The second kappa shape index (κ2) is 2.22. The molecule has 0 saturated carbocycles. The van der Waals surface area contributed by atoms with Crippen LogP contribution in [0.2, 0.25) is 0 Å². The molecule has 2 atom stereocenters. The number of aliphatic hydroxyl groups excluding tert-OH is 2. The number of ether oxygens (including phenoxy) is 1. The molecule has 1 rings (SSSR count). The summed E-state index contributed by atoms with van der Waals surface area (Å²) in [4.78, 5) is 0. The van der Waals surface area contributed by atoms with E-state index in [1.165, 1.54) is 0 Å². The minimum atomic E-state index is -1.49. The SMILES string of the molecule is OC[C@@]1(O)CC(O)CO1. The third-order valence-electron chi connectivity index (χ3n) is 1.35. The Morgan fingerprint density at radius 3 is 2.56 bits per heavy atom. The highest BCUT2D eigenvalue weighted by atomic mass is 16.6. The molecule has 1 fully saturated rings. The van der Waals surface area contributed by atoms with E-state index >= 15 is 0 Å². The van der Waals surface area contributed by atoms with Crippen LogP contribution >= 0.6 is 0 Å². The van der Waals surface area contributed by atoms with E-state index < -0.39 is 18.5 Å². The lowest BCUT2D eigenvalue weighted by Crippen LogP contribution is -2.32. The van der Waals surface area contributed by atoms with Gasteiger partial charge in [0.25, 0.3) is 0 Å². The van der Waals surface area contributed by atoms with Gasteiger partial charge < -0.3 is 20.1 Å². The van der Waals surface area contributed by atoms with Crippen molar-refractivity contribution in [2.45, 2.75) is 18.3 Å². The molecule has 0 radical (unpaired) electrons. The highest BCUT2D eigenvalue weighted by molar-refractivity contribution is 4.77. The molecule has 0 bridgehead atoms. The highest BCUT2D eigenvalue weighted by Crippen LogP contribution is 2.21. The van der Waals surface area contributed by atoms with Crippen molar-refractivity contribution in [2.24, 2.45) is 0 Å². The van der Waals surface area contributed by atoms with Crippen LogP contribution in [0.25, 0.3) is 0 Å². The summed E-state index contributed by atoms with van der Waals surface area (Å²) in [5.41, 5.74) is 0. The molecule has 0 aromatic rings. The molecular weight excluding hydrogens is 124 g/mol. The zero-order valence-electron chi connectivity index (χ0n) is 4.95. The minimum absolute atomic E-state index is 0.101. The summed E-state index contributed by atoms with van der Waals surface area (Å²) in [5.74, 6) is -1.49. The van der Waals surface area contributed by atoms with Crippen molar-refractivity contribution in [3.63, 3.8) is 0 Å². The van der Waals surface area contributed by atoms with E-state index in [4.69, 9.17) is 15.3 Å². The Balaban J connectivity index is 2.45. The first-order chi connectivity index (χ1) is 4.16. The molecule has 1 aliphatic rings. The van der Waals surface area contributed by atoms with Gasteiger partial charge in [0.15, 0.2) is 5.79 Å². The number of hydrogen-bond acceptors (Lipinski definition) is 4. The molecule has 1 aliphatic heterocycles. The molecule has 0 aromatic carbocycles. The van der Waals surface area contributed by atoms with E-state index in [-0.39, 0.29) is 13.0 Å². The lowest BCUT2D eigenvalue weighted by atomic mass is 10.2. The molecule has 4 nitrogen and oxygen atoms in total. The Morgan fingerprint density at radius 1 is 1.67 bits per heavy atom. The van der Waals surface area contributed by atoms with Gasteiger partial charge in [-0.05, 0) is 0 Å². The summed E-state index contributed by atoms with van der Waals surface area (Å²) < 4.78 is 4.66. The van der Waals surface area contributed by atoms with Crippen LogP contribution < -0.4 is 0 Å². The molecule has 0 spiro atoms. The van der Waals surface area contributed by atoms with Crippen LogP contribution in [0.15, 0.2) is 0 Å². The van der Waals surface area contributed by atoms with Crippen molar-refractivity contribution in [3.8, 4) is 0 Å². The monoisotopic (exact) mass is 134 g/mol. The van der Waals surface area contributed by atoms with Gasteiger partial charge in [-0.15, -0.1) is 0 Å². The van der Waals surface area contributed by atoms with Crippen LogP contribution in [0, 0.1) is 0 Å². The molecule has 9 heavy (non-hydrogen) atoms. The summed E-state index contributed by atoms with van der Waals surface area (Å²) in [6, 6.07) is 0. The second-order valence-electron chi connectivity index (χ2n) is 2.27. The van der Waals surface area contributed by atoms with Gasteiger partial charge in [0.2, 0.25) is 0 Å². The van der Waals surface area contributed by atoms with Gasteiger partial charge in [-0.1, -0.05) is 0 Å². The summed E-state index contributed by atoms with van der Waals surface area (Å²) in [7, 11) is 0. The molecule has 0 aromatic heterocycles. The Kier molecular flexibility index (Phi) is 1.72. The predicted molar refractivity (Wildman–Crippen MR) is 28.6 cm³/mol. The number of rotatable bonds is 1. The Hall–Kier alpha value is -0.160. The standard InChI is InChI=1S/C5H10O4/c6-3-5(8)1-4(7)2-9-5/h4,6-8H,1-3H2/t4?,5-/m1/s1. The Labute approximate surface area is 52.7 Å². The topological polar surface area (TPSA) is 69.9 Å². The van der Waals surface area contributed by atoms with Crippen molar-refractivity contribution in [2.75, 3.05) is 13.2 Å². The summed E-state index contributed by atoms with van der Waals surface area (Å²) in [5, 5.41) is 26.3. The first-order valence-electron chi connectivity index (χ1n) is 2.81. The van der Waals surface area contributed by atoms with Gasteiger partial charge in [0, 0.05) is 6.42 Å². The first-order valence-corrected chi connectivity index (χ1v) is 2.81. The fraction of sp³-hybridized carbons (Fsp3) is 1.00. The molecule has 0 amide bonds. The maximum absolute atomic E-state index is 9.04. The Bertz CT molecular complexity index is 105. The maximum Gasteiger partial charge on any atom is 0.191 e. The van der Waals surface area contributed by atoms with E-state index in [1.54, 1.807) is 0 Å². The lowest BCUT2D eigenvalue weighted by molar-refractivity contribution is -0.193. The predicted octanol–water partition coefficient (Wildman–Crippen LogP) is -1.55. The van der Waals surface area contributed by atoms with Crippen LogP contribution in [0.4, 0.5) is 0 Å². The van der Waals surface area contributed by atoms with Gasteiger partial charge in [0.05, 0.1) is 19.3 Å². The smallest absolute Gasteiger partial charge is 0.191 e. The van der Waals surface area contributed by atoms with Gasteiger partial charge in [-0.25, -0.2) is 0 Å². The zero-order chi connectivity index (χ0) is 6.91. The summed E-state index contributed by atoms with van der Waals surface area (Å²) in [6.45, 7) is -0.346. The zero-order valence-corrected chi connectivity index (χ0v) is 4.95. The highest BCUT2D eigenvalue weighted by Gasteiger charge is 2.36. The Morgan fingerprint density at radius 2 is 2.33 bits per heavy atom. The second-order valence-corrected chi connectivity index (χ2v) is 2.27. The molecular formula is C5H10O4. The van der Waals surface area contributed by atoms with Crippen molar-refractivity contribution in [3.05, 3.63) is 0 Å². The number of aliphatic hydroxyl groups is 3. The minimum Gasteiger partial charge on any atom is -0.391 e. The average Bonchev–Trinajstić information content (AvgIpc) is 2.13. The lowest BCUT2D eigenvalue weighted by Gasteiger charge is -2.16. The van der Waals surface area contributed by atoms with Gasteiger partial charge >= 0.3 is 0 Å². The van der Waals surface area contributed by atoms with Crippen LogP contribution in [-0.2, 0) is 4.74 Å². The first kappa shape index (κ1) is 6.95. The maximum atomic E-state index is 9.04. The van der Waals surface area contributed by atoms with Crippen LogP contribution in [0.5, 0.6) is 0 Å². The van der Waals surface area contributed by atoms with Crippen molar-refractivity contribution in [1.82, 2.24) is 0 Å². The fourth-order valence-electron chi connectivity index (χ4n) is 0.848. The molecule has 1 heterocycles. The molecule has 0 aliphatic carbocycles. The normalized spacial score (nSPS) is 43.7. The fourth-order valence-corrected chi connectivity index (χ4v) is 0.848. The van der Waals surface area contributed by atoms with Crippen LogP contribution in [0.3, 0.4) is 0 Å². The third-order valence-corrected chi connectivity index (χ3v) is 1.35.